The zero-order chi connectivity index (χ0) is 18.5. The SMILES string of the molecule is CCOC(=O)NC(NC(=S)Nc1cc(C)c(Br)cc1Br)C(Cl)(Cl)Cl. The van der Waals surface area contributed by atoms with Crippen molar-refractivity contribution in [2.75, 3.05) is 11.9 Å². The molecule has 1 amide bonds. The molecule has 0 heterocycles. The number of carbonyl (C=O) groups is 1. The molecular weight excluding hydrogens is 528 g/mol. The van der Waals surface area contributed by atoms with Gasteiger partial charge in [-0.05, 0) is 59.7 Å². The van der Waals surface area contributed by atoms with Crippen molar-refractivity contribution in [1.29, 1.82) is 0 Å². The highest BCUT2D eigenvalue weighted by Gasteiger charge is 2.35. The molecule has 0 aliphatic rings. The first-order valence-electron chi connectivity index (χ1n) is 6.57. The summed E-state index contributed by atoms with van der Waals surface area (Å²) in [5, 5.41) is 8.26. The molecular formula is C13H14Br2Cl3N3O2S. The number of carbonyl (C=O) groups excluding carboxylic acids is 1. The molecule has 3 N–H and O–H groups in total. The number of hydrogen-bond acceptors (Lipinski definition) is 3. The summed E-state index contributed by atoms with van der Waals surface area (Å²) in [5.41, 5.74) is 1.72. The minimum Gasteiger partial charge on any atom is -0.450 e. The number of nitrogens with one attached hydrogen (secondary N) is 3. The Labute approximate surface area is 177 Å². The van der Waals surface area contributed by atoms with E-state index in [1.165, 1.54) is 0 Å². The number of halogens is 5. The fourth-order valence-corrected chi connectivity index (χ4v) is 3.18. The van der Waals surface area contributed by atoms with Gasteiger partial charge in [0.25, 0.3) is 0 Å². The summed E-state index contributed by atoms with van der Waals surface area (Å²) in [7, 11) is 0. The molecule has 24 heavy (non-hydrogen) atoms. The van der Waals surface area contributed by atoms with Gasteiger partial charge in [0.05, 0.1) is 12.3 Å². The predicted molar refractivity (Wildman–Crippen MR) is 110 cm³/mol. The minimum absolute atomic E-state index is 0.158. The molecule has 1 aromatic rings. The Morgan fingerprint density at radius 3 is 2.46 bits per heavy atom. The van der Waals surface area contributed by atoms with Crippen molar-refractivity contribution in [3.63, 3.8) is 0 Å². The van der Waals surface area contributed by atoms with Crippen molar-refractivity contribution in [3.05, 3.63) is 26.6 Å². The van der Waals surface area contributed by atoms with Crippen molar-refractivity contribution in [2.24, 2.45) is 0 Å². The fraction of sp³-hybridized carbons (Fsp3) is 0.385. The van der Waals surface area contributed by atoms with Gasteiger partial charge in [-0.25, -0.2) is 4.79 Å². The monoisotopic (exact) mass is 539 g/mol. The van der Waals surface area contributed by atoms with Crippen LogP contribution in [0.3, 0.4) is 0 Å². The second kappa shape index (κ2) is 9.64. The molecule has 11 heteroatoms. The summed E-state index contributed by atoms with van der Waals surface area (Å²) in [6.45, 7) is 3.79. The number of anilines is 1. The molecule has 0 saturated carbocycles. The lowest BCUT2D eigenvalue weighted by Gasteiger charge is -2.27. The van der Waals surface area contributed by atoms with E-state index in [0.29, 0.717) is 5.69 Å². The van der Waals surface area contributed by atoms with Gasteiger partial charge >= 0.3 is 6.09 Å². The molecule has 0 fully saturated rings. The Morgan fingerprint density at radius 2 is 1.92 bits per heavy atom. The van der Waals surface area contributed by atoms with E-state index < -0.39 is 16.1 Å². The highest BCUT2D eigenvalue weighted by molar-refractivity contribution is 9.11. The molecule has 1 rings (SSSR count). The number of amides is 1. The number of alkyl carbamates (subject to hydrolysis) is 1. The average Bonchev–Trinajstić information content (AvgIpc) is 2.43. The molecule has 134 valence electrons. The topological polar surface area (TPSA) is 62.4 Å². The van der Waals surface area contributed by atoms with Crippen molar-refractivity contribution >= 4 is 95.8 Å². The van der Waals surface area contributed by atoms with Gasteiger partial charge in [0.2, 0.25) is 3.79 Å². The highest BCUT2D eigenvalue weighted by atomic mass is 79.9. The fourth-order valence-electron chi connectivity index (χ4n) is 1.53. The molecule has 1 aromatic carbocycles. The van der Waals surface area contributed by atoms with Crippen LogP contribution in [0.5, 0.6) is 0 Å². The zero-order valence-electron chi connectivity index (χ0n) is 12.6. The lowest BCUT2D eigenvalue weighted by atomic mass is 10.2. The van der Waals surface area contributed by atoms with E-state index in [-0.39, 0.29) is 11.7 Å². The molecule has 0 aliphatic heterocycles. The molecule has 0 aromatic heterocycles. The first kappa shape index (κ1) is 22.1. The molecule has 0 radical (unpaired) electrons. The van der Waals surface area contributed by atoms with Gasteiger partial charge in [-0.1, -0.05) is 50.7 Å². The highest BCUT2D eigenvalue weighted by Crippen LogP contribution is 2.31. The third kappa shape index (κ3) is 7.09. The summed E-state index contributed by atoms with van der Waals surface area (Å²) in [4.78, 5) is 11.6. The standard InChI is InChI=1S/C13H14Br2Cl3N3O2S/c1-3-23-12(22)21-10(13(16,17)18)20-11(24)19-9-4-6(2)7(14)5-8(9)15/h4-5,10H,3H2,1-2H3,(H,21,22)(H2,19,20,24). The van der Waals surface area contributed by atoms with Crippen molar-refractivity contribution in [2.45, 2.75) is 23.8 Å². The Bertz CT molecular complexity index is 629. The molecule has 0 spiro atoms. The summed E-state index contributed by atoms with van der Waals surface area (Å²) in [6.07, 6.45) is -1.82. The number of aryl methyl sites for hydroxylation is 1. The summed E-state index contributed by atoms with van der Waals surface area (Å²) in [5.74, 6) is 0. The third-order valence-electron chi connectivity index (χ3n) is 2.64. The Morgan fingerprint density at radius 1 is 1.29 bits per heavy atom. The van der Waals surface area contributed by atoms with Gasteiger partial charge in [-0.15, -0.1) is 0 Å². The number of ether oxygens (including phenoxy) is 1. The van der Waals surface area contributed by atoms with Gasteiger partial charge in [0.1, 0.15) is 0 Å². The average molecular weight is 543 g/mol. The smallest absolute Gasteiger partial charge is 0.408 e. The maximum absolute atomic E-state index is 11.6. The van der Waals surface area contributed by atoms with E-state index in [4.69, 9.17) is 51.8 Å². The van der Waals surface area contributed by atoms with Crippen LogP contribution in [-0.2, 0) is 4.74 Å². The quantitative estimate of drug-likeness (QED) is 0.276. The van der Waals surface area contributed by atoms with Crippen LogP contribution in [0.1, 0.15) is 12.5 Å². The van der Waals surface area contributed by atoms with Crippen LogP contribution in [-0.4, -0.2) is 27.8 Å². The second-order valence-electron chi connectivity index (χ2n) is 4.52. The summed E-state index contributed by atoms with van der Waals surface area (Å²) >= 11 is 29.7. The maximum atomic E-state index is 11.6. The number of alkyl halides is 3. The van der Waals surface area contributed by atoms with E-state index in [1.54, 1.807) is 6.92 Å². The number of benzene rings is 1. The van der Waals surface area contributed by atoms with E-state index in [2.05, 4.69) is 47.8 Å². The van der Waals surface area contributed by atoms with Gasteiger partial charge in [-0.2, -0.15) is 0 Å². The zero-order valence-corrected chi connectivity index (χ0v) is 18.8. The van der Waals surface area contributed by atoms with Gasteiger partial charge in [0.15, 0.2) is 11.3 Å². The van der Waals surface area contributed by atoms with Crippen LogP contribution in [0, 0.1) is 6.92 Å². The lowest BCUT2D eigenvalue weighted by Crippen LogP contribution is -2.56. The van der Waals surface area contributed by atoms with Crippen LogP contribution in [0.15, 0.2) is 21.1 Å². The molecule has 1 unspecified atom stereocenters. The van der Waals surface area contributed by atoms with E-state index in [1.807, 2.05) is 19.1 Å². The summed E-state index contributed by atoms with van der Waals surface area (Å²) in [6, 6.07) is 3.76. The van der Waals surface area contributed by atoms with E-state index in [0.717, 1.165) is 14.5 Å². The van der Waals surface area contributed by atoms with Crippen LogP contribution in [0.4, 0.5) is 10.5 Å². The van der Waals surface area contributed by atoms with E-state index in [9.17, 15) is 4.79 Å². The van der Waals surface area contributed by atoms with Crippen LogP contribution in [0.25, 0.3) is 0 Å². The van der Waals surface area contributed by atoms with E-state index >= 15 is 0 Å². The van der Waals surface area contributed by atoms with Crippen LogP contribution in [0.2, 0.25) is 0 Å². The van der Waals surface area contributed by atoms with Gasteiger partial charge < -0.3 is 15.4 Å². The predicted octanol–water partition coefficient (Wildman–Crippen LogP) is 5.25. The largest absolute Gasteiger partial charge is 0.450 e. The van der Waals surface area contributed by atoms with Gasteiger partial charge in [0, 0.05) is 8.95 Å². The van der Waals surface area contributed by atoms with Crippen LogP contribution >= 0.6 is 78.9 Å². The number of rotatable bonds is 4. The normalized spacial score (nSPS) is 12.3. The number of hydrogen-bond donors (Lipinski definition) is 3. The Hall–Kier alpha value is 0.0100. The Kier molecular flexibility index (Phi) is 8.85. The number of thiocarbonyl (C=S) groups is 1. The Balaban J connectivity index is 2.82. The van der Waals surface area contributed by atoms with Crippen LogP contribution < -0.4 is 16.0 Å². The molecule has 0 aliphatic carbocycles. The van der Waals surface area contributed by atoms with Gasteiger partial charge in [-0.3, -0.25) is 5.32 Å². The maximum Gasteiger partial charge on any atom is 0.408 e. The van der Waals surface area contributed by atoms with Crippen molar-refractivity contribution < 1.29 is 9.53 Å². The molecule has 5 nitrogen and oxygen atoms in total. The minimum atomic E-state index is -1.84. The first-order valence-corrected chi connectivity index (χ1v) is 9.70. The van der Waals surface area contributed by atoms with Crippen molar-refractivity contribution in [3.8, 4) is 0 Å². The lowest BCUT2D eigenvalue weighted by molar-refractivity contribution is 0.147. The molecule has 0 bridgehead atoms. The molecule has 1 atom stereocenters. The summed E-state index contributed by atoms with van der Waals surface area (Å²) < 4.78 is 4.66. The third-order valence-corrected chi connectivity index (χ3v) is 5.02. The van der Waals surface area contributed by atoms with Crippen molar-refractivity contribution in [1.82, 2.24) is 10.6 Å². The first-order chi connectivity index (χ1) is 11.0. The second-order valence-corrected chi connectivity index (χ2v) is 9.00. The molecule has 0 saturated heterocycles.